The van der Waals surface area contributed by atoms with Gasteiger partial charge in [0.05, 0.1) is 16.6 Å². The summed E-state index contributed by atoms with van der Waals surface area (Å²) in [5.41, 5.74) is -0.326. The van der Waals surface area contributed by atoms with Crippen LogP contribution in [0.15, 0.2) is 36.4 Å². The van der Waals surface area contributed by atoms with Gasteiger partial charge in [-0.25, -0.2) is 8.78 Å². The quantitative estimate of drug-likeness (QED) is 0.691. The van der Waals surface area contributed by atoms with E-state index in [4.69, 9.17) is 5.26 Å². The van der Waals surface area contributed by atoms with Crippen molar-refractivity contribution in [3.8, 4) is 6.07 Å². The molecule has 0 heterocycles. The van der Waals surface area contributed by atoms with E-state index in [-0.39, 0.29) is 29.0 Å². The summed E-state index contributed by atoms with van der Waals surface area (Å²) in [6.45, 7) is -0.245. The fraction of sp³-hybridized carbons (Fsp3) is 0.0714. The molecule has 0 aromatic heterocycles. The second-order valence-corrected chi connectivity index (χ2v) is 4.15. The van der Waals surface area contributed by atoms with Gasteiger partial charge in [-0.2, -0.15) is 5.26 Å². The summed E-state index contributed by atoms with van der Waals surface area (Å²) in [7, 11) is 0. The number of halogens is 2. The lowest BCUT2D eigenvalue weighted by molar-refractivity contribution is -0.384. The van der Waals surface area contributed by atoms with E-state index in [0.717, 1.165) is 18.2 Å². The summed E-state index contributed by atoms with van der Waals surface area (Å²) in [6.07, 6.45) is 0. The summed E-state index contributed by atoms with van der Waals surface area (Å²) in [6, 6.07) is 9.04. The average Bonchev–Trinajstić information content (AvgIpc) is 2.46. The van der Waals surface area contributed by atoms with Crippen LogP contribution in [0.1, 0.15) is 11.1 Å². The molecular formula is C14H9F2N3O2. The highest BCUT2D eigenvalue weighted by atomic mass is 19.1. The highest BCUT2D eigenvalue weighted by Gasteiger charge is 2.16. The molecular weight excluding hydrogens is 280 g/mol. The van der Waals surface area contributed by atoms with Gasteiger partial charge in [0.25, 0.3) is 5.69 Å². The lowest BCUT2D eigenvalue weighted by atomic mass is 10.1. The van der Waals surface area contributed by atoms with Crippen molar-refractivity contribution in [3.05, 3.63) is 69.3 Å². The smallest absolute Gasteiger partial charge is 0.293 e. The van der Waals surface area contributed by atoms with Crippen LogP contribution in [0.3, 0.4) is 0 Å². The molecule has 0 saturated carbocycles. The van der Waals surface area contributed by atoms with Gasteiger partial charge in [0, 0.05) is 18.2 Å². The van der Waals surface area contributed by atoms with Gasteiger partial charge >= 0.3 is 0 Å². The second kappa shape index (κ2) is 5.96. The second-order valence-electron chi connectivity index (χ2n) is 4.15. The molecule has 0 unspecified atom stereocenters. The van der Waals surface area contributed by atoms with Crippen LogP contribution < -0.4 is 5.32 Å². The molecule has 7 heteroatoms. The Morgan fingerprint density at radius 3 is 2.48 bits per heavy atom. The molecule has 0 aliphatic rings. The Morgan fingerprint density at radius 2 is 1.90 bits per heavy atom. The molecule has 0 amide bonds. The number of nitriles is 1. The summed E-state index contributed by atoms with van der Waals surface area (Å²) in [5, 5.41) is 22.3. The van der Waals surface area contributed by atoms with Crippen LogP contribution in [-0.2, 0) is 6.54 Å². The fourth-order valence-corrected chi connectivity index (χ4v) is 1.79. The van der Waals surface area contributed by atoms with Crippen LogP contribution in [-0.4, -0.2) is 4.92 Å². The number of benzene rings is 2. The Kier molecular flexibility index (Phi) is 4.09. The van der Waals surface area contributed by atoms with Crippen molar-refractivity contribution >= 4 is 11.4 Å². The average molecular weight is 289 g/mol. The van der Waals surface area contributed by atoms with E-state index in [0.29, 0.717) is 0 Å². The summed E-state index contributed by atoms with van der Waals surface area (Å²) in [4.78, 5) is 10.3. The van der Waals surface area contributed by atoms with Crippen molar-refractivity contribution in [1.29, 1.82) is 5.26 Å². The Hall–Kier alpha value is -3.01. The molecule has 2 aromatic rings. The van der Waals surface area contributed by atoms with Gasteiger partial charge in [-0.15, -0.1) is 0 Å². The fourth-order valence-electron chi connectivity index (χ4n) is 1.79. The van der Waals surface area contributed by atoms with Crippen LogP contribution in [0, 0.1) is 33.1 Å². The van der Waals surface area contributed by atoms with Crippen LogP contribution in [0.2, 0.25) is 0 Å². The van der Waals surface area contributed by atoms with E-state index in [1.807, 2.05) is 0 Å². The molecule has 0 fully saturated rings. The highest BCUT2D eigenvalue weighted by molar-refractivity contribution is 5.64. The third-order valence-electron chi connectivity index (χ3n) is 2.84. The number of hydrogen-bond donors (Lipinski definition) is 1. The number of nitrogens with one attached hydrogen (secondary N) is 1. The standard InChI is InChI=1S/C14H9F2N3O2/c15-11-2-1-3-12(16)10(11)8-18-13-5-4-9(7-17)6-14(13)19(20)21/h1-6,18H,8H2. The molecule has 0 spiro atoms. The summed E-state index contributed by atoms with van der Waals surface area (Å²) < 4.78 is 26.9. The minimum absolute atomic E-state index is 0.0849. The van der Waals surface area contributed by atoms with E-state index >= 15 is 0 Å². The normalized spacial score (nSPS) is 9.95. The number of nitro groups is 1. The van der Waals surface area contributed by atoms with Gasteiger partial charge in [0.15, 0.2) is 0 Å². The maximum absolute atomic E-state index is 13.5. The van der Waals surface area contributed by atoms with Crippen molar-refractivity contribution in [2.75, 3.05) is 5.32 Å². The van der Waals surface area contributed by atoms with E-state index in [1.54, 1.807) is 6.07 Å². The molecule has 0 atom stereocenters. The van der Waals surface area contributed by atoms with Crippen LogP contribution >= 0.6 is 0 Å². The van der Waals surface area contributed by atoms with Gasteiger partial charge < -0.3 is 5.32 Å². The maximum Gasteiger partial charge on any atom is 0.293 e. The third kappa shape index (κ3) is 3.12. The van der Waals surface area contributed by atoms with Crippen LogP contribution in [0.25, 0.3) is 0 Å². The molecule has 5 nitrogen and oxygen atoms in total. The lowest BCUT2D eigenvalue weighted by Crippen LogP contribution is -2.06. The number of hydrogen-bond acceptors (Lipinski definition) is 4. The number of nitro benzene ring substituents is 1. The van der Waals surface area contributed by atoms with Crippen molar-refractivity contribution in [2.24, 2.45) is 0 Å². The molecule has 0 aliphatic heterocycles. The predicted molar refractivity (Wildman–Crippen MR) is 71.5 cm³/mol. The molecule has 1 N–H and O–H groups in total. The van der Waals surface area contributed by atoms with E-state index < -0.39 is 16.6 Å². The van der Waals surface area contributed by atoms with Crippen molar-refractivity contribution in [1.82, 2.24) is 0 Å². The minimum atomic E-state index is -0.737. The van der Waals surface area contributed by atoms with Gasteiger partial charge in [-0.1, -0.05) is 6.07 Å². The lowest BCUT2D eigenvalue weighted by Gasteiger charge is -2.09. The minimum Gasteiger partial charge on any atom is -0.375 e. The molecule has 0 saturated heterocycles. The summed E-state index contributed by atoms with van der Waals surface area (Å²) >= 11 is 0. The molecule has 21 heavy (non-hydrogen) atoms. The zero-order chi connectivity index (χ0) is 15.4. The van der Waals surface area contributed by atoms with E-state index in [9.17, 15) is 18.9 Å². The van der Waals surface area contributed by atoms with E-state index in [1.165, 1.54) is 18.2 Å². The monoisotopic (exact) mass is 289 g/mol. The number of rotatable bonds is 4. The Balaban J connectivity index is 2.28. The topological polar surface area (TPSA) is 79.0 Å². The largest absolute Gasteiger partial charge is 0.375 e. The van der Waals surface area contributed by atoms with Gasteiger partial charge in [0.2, 0.25) is 0 Å². The first kappa shape index (κ1) is 14.4. The highest BCUT2D eigenvalue weighted by Crippen LogP contribution is 2.26. The first-order chi connectivity index (χ1) is 10.0. The van der Waals surface area contributed by atoms with Crippen molar-refractivity contribution < 1.29 is 13.7 Å². The van der Waals surface area contributed by atoms with Crippen LogP contribution in [0.4, 0.5) is 20.2 Å². The molecule has 0 radical (unpaired) electrons. The molecule has 0 aliphatic carbocycles. The molecule has 0 bridgehead atoms. The summed E-state index contributed by atoms with van der Waals surface area (Å²) in [5.74, 6) is -1.47. The third-order valence-corrected chi connectivity index (χ3v) is 2.84. The molecule has 106 valence electrons. The van der Waals surface area contributed by atoms with Gasteiger partial charge in [-0.3, -0.25) is 10.1 Å². The predicted octanol–water partition coefficient (Wildman–Crippen LogP) is 3.36. The van der Waals surface area contributed by atoms with Gasteiger partial charge in [-0.05, 0) is 24.3 Å². The van der Waals surface area contributed by atoms with E-state index in [2.05, 4.69) is 5.32 Å². The number of nitrogens with zero attached hydrogens (tertiary/aromatic N) is 2. The zero-order valence-corrected chi connectivity index (χ0v) is 10.6. The Labute approximate surface area is 118 Å². The molecule has 2 aromatic carbocycles. The SMILES string of the molecule is N#Cc1ccc(NCc2c(F)cccc2F)c([N+](=O)[O-])c1. The van der Waals surface area contributed by atoms with Gasteiger partial charge in [0.1, 0.15) is 17.3 Å². The maximum atomic E-state index is 13.5. The van der Waals surface area contributed by atoms with Crippen LogP contribution in [0.5, 0.6) is 0 Å². The number of anilines is 1. The first-order valence-electron chi connectivity index (χ1n) is 5.88. The van der Waals surface area contributed by atoms with Crippen molar-refractivity contribution in [2.45, 2.75) is 6.54 Å². The zero-order valence-electron chi connectivity index (χ0n) is 10.6. The molecule has 2 rings (SSSR count). The Morgan fingerprint density at radius 1 is 1.24 bits per heavy atom. The Bertz CT molecular complexity index is 721. The van der Waals surface area contributed by atoms with Crippen molar-refractivity contribution in [3.63, 3.8) is 0 Å². The first-order valence-corrected chi connectivity index (χ1v) is 5.88.